The summed E-state index contributed by atoms with van der Waals surface area (Å²) in [5, 5.41) is 2.98. The second kappa shape index (κ2) is 7.25. The second-order valence-electron chi connectivity index (χ2n) is 5.03. The molecule has 0 aliphatic heterocycles. The summed E-state index contributed by atoms with van der Waals surface area (Å²) >= 11 is 9.30. The summed E-state index contributed by atoms with van der Waals surface area (Å²) < 4.78 is 0.874. The highest BCUT2D eigenvalue weighted by Gasteiger charge is 2.24. The fourth-order valence-corrected chi connectivity index (χ4v) is 3.22. The van der Waals surface area contributed by atoms with Gasteiger partial charge in [-0.3, -0.25) is 4.79 Å². The molecule has 1 heterocycles. The van der Waals surface area contributed by atoms with E-state index >= 15 is 0 Å². The van der Waals surface area contributed by atoms with Crippen molar-refractivity contribution in [3.8, 4) is 0 Å². The molecule has 19 heavy (non-hydrogen) atoms. The van der Waals surface area contributed by atoms with Crippen LogP contribution in [0.3, 0.4) is 0 Å². The minimum Gasteiger partial charge on any atom is -0.350 e. The fraction of sp³-hybridized carbons (Fsp3) is 0.571. The van der Waals surface area contributed by atoms with Crippen molar-refractivity contribution in [2.45, 2.75) is 25.7 Å². The van der Waals surface area contributed by atoms with Crippen molar-refractivity contribution in [1.82, 2.24) is 10.3 Å². The van der Waals surface area contributed by atoms with E-state index in [0.717, 1.165) is 10.9 Å². The number of aromatic nitrogens is 1. The minimum atomic E-state index is -0.105. The third-order valence-electron chi connectivity index (χ3n) is 3.75. The van der Waals surface area contributed by atoms with Gasteiger partial charge in [0.05, 0.1) is 0 Å². The van der Waals surface area contributed by atoms with Crippen LogP contribution in [-0.4, -0.2) is 23.3 Å². The number of hydrogen-bond acceptors (Lipinski definition) is 2. The van der Waals surface area contributed by atoms with Crippen LogP contribution in [0, 0.1) is 11.8 Å². The molecule has 1 aromatic heterocycles. The molecule has 2 rings (SSSR count). The van der Waals surface area contributed by atoms with Gasteiger partial charge in [0.15, 0.2) is 0 Å². The lowest BCUT2D eigenvalue weighted by molar-refractivity contribution is 0.0931. The largest absolute Gasteiger partial charge is 0.350 e. The van der Waals surface area contributed by atoms with E-state index in [9.17, 15) is 4.79 Å². The van der Waals surface area contributed by atoms with E-state index < -0.39 is 0 Å². The van der Waals surface area contributed by atoms with E-state index in [0.29, 0.717) is 30.0 Å². The summed E-state index contributed by atoms with van der Waals surface area (Å²) in [4.78, 5) is 16.1. The van der Waals surface area contributed by atoms with E-state index in [1.54, 1.807) is 12.3 Å². The summed E-state index contributed by atoms with van der Waals surface area (Å²) in [6.07, 6.45) is 6.48. The Labute approximate surface area is 127 Å². The van der Waals surface area contributed by atoms with Gasteiger partial charge in [-0.25, -0.2) is 4.98 Å². The molecule has 1 aromatic rings. The first-order chi connectivity index (χ1) is 9.20. The van der Waals surface area contributed by atoms with E-state index in [4.69, 9.17) is 11.6 Å². The van der Waals surface area contributed by atoms with Crippen molar-refractivity contribution >= 4 is 33.4 Å². The van der Waals surface area contributed by atoms with Crippen LogP contribution in [0.2, 0.25) is 0 Å². The summed E-state index contributed by atoms with van der Waals surface area (Å²) in [7, 11) is 0. The normalized spacial score (nSPS) is 23.1. The molecular formula is C14H18BrClN2O. The fourth-order valence-electron chi connectivity index (χ4n) is 2.58. The Bertz CT molecular complexity index is 424. The number of nitrogens with one attached hydrogen (secondary N) is 1. The molecule has 104 valence electrons. The molecule has 0 saturated heterocycles. The van der Waals surface area contributed by atoms with Gasteiger partial charge in [-0.15, -0.1) is 11.6 Å². The van der Waals surface area contributed by atoms with Gasteiger partial charge in [0, 0.05) is 23.1 Å². The number of carbonyl (C=O) groups is 1. The quantitative estimate of drug-likeness (QED) is 0.847. The Hall–Kier alpha value is -0.610. The highest BCUT2D eigenvalue weighted by molar-refractivity contribution is 9.10. The maximum absolute atomic E-state index is 12.0. The molecule has 3 nitrogen and oxygen atoms in total. The van der Waals surface area contributed by atoms with Crippen LogP contribution in [0.4, 0.5) is 0 Å². The predicted octanol–water partition coefficient (Wildman–Crippen LogP) is 3.62. The third-order valence-corrected chi connectivity index (χ3v) is 4.62. The topological polar surface area (TPSA) is 42.0 Å². The maximum Gasteiger partial charge on any atom is 0.269 e. The molecule has 1 aliphatic carbocycles. The van der Waals surface area contributed by atoms with Crippen molar-refractivity contribution in [2.24, 2.45) is 11.8 Å². The van der Waals surface area contributed by atoms with Crippen LogP contribution < -0.4 is 5.32 Å². The molecule has 5 heteroatoms. The van der Waals surface area contributed by atoms with E-state index in [-0.39, 0.29) is 5.91 Å². The van der Waals surface area contributed by atoms with Crippen molar-refractivity contribution in [1.29, 1.82) is 0 Å². The number of hydrogen-bond donors (Lipinski definition) is 1. The van der Waals surface area contributed by atoms with Gasteiger partial charge in [0.25, 0.3) is 5.91 Å². The summed E-state index contributed by atoms with van der Waals surface area (Å²) in [5.74, 6) is 1.63. The standard InChI is InChI=1S/C14H18BrClN2O/c15-12-5-6-13(17-9-12)14(19)18-8-11-4-2-1-3-10(11)7-16/h5-6,9-11H,1-4,7-8H2,(H,18,19). The molecule has 0 bridgehead atoms. The predicted molar refractivity (Wildman–Crippen MR) is 80.4 cm³/mol. The van der Waals surface area contributed by atoms with Gasteiger partial charge in [-0.2, -0.15) is 0 Å². The molecular weight excluding hydrogens is 328 g/mol. The Morgan fingerprint density at radius 2 is 2.11 bits per heavy atom. The maximum atomic E-state index is 12.0. The zero-order valence-corrected chi connectivity index (χ0v) is 13.1. The zero-order valence-electron chi connectivity index (χ0n) is 10.7. The lowest BCUT2D eigenvalue weighted by atomic mass is 9.80. The van der Waals surface area contributed by atoms with Crippen LogP contribution in [-0.2, 0) is 0 Å². The van der Waals surface area contributed by atoms with Crippen LogP contribution in [0.25, 0.3) is 0 Å². The number of halogens is 2. The Kier molecular flexibility index (Phi) is 5.64. The van der Waals surface area contributed by atoms with Gasteiger partial charge in [-0.05, 0) is 52.7 Å². The lowest BCUT2D eigenvalue weighted by Crippen LogP contribution is -2.35. The zero-order chi connectivity index (χ0) is 13.7. The van der Waals surface area contributed by atoms with E-state index in [1.165, 1.54) is 19.3 Å². The monoisotopic (exact) mass is 344 g/mol. The summed E-state index contributed by atoms with van der Waals surface area (Å²) in [6.45, 7) is 0.702. The van der Waals surface area contributed by atoms with Crippen molar-refractivity contribution in [3.63, 3.8) is 0 Å². The van der Waals surface area contributed by atoms with Gasteiger partial charge in [0.2, 0.25) is 0 Å². The molecule has 0 radical (unpaired) electrons. The summed E-state index contributed by atoms with van der Waals surface area (Å²) in [6, 6.07) is 3.55. The molecule has 0 aromatic carbocycles. The first-order valence-corrected chi connectivity index (χ1v) is 7.99. The van der Waals surface area contributed by atoms with Crippen molar-refractivity contribution < 1.29 is 4.79 Å². The first-order valence-electron chi connectivity index (χ1n) is 6.66. The highest BCUT2D eigenvalue weighted by atomic mass is 79.9. The van der Waals surface area contributed by atoms with Crippen LogP contribution >= 0.6 is 27.5 Å². The first kappa shape index (κ1) is 14.8. The third kappa shape index (κ3) is 4.18. The van der Waals surface area contributed by atoms with Crippen molar-refractivity contribution in [3.05, 3.63) is 28.5 Å². The SMILES string of the molecule is O=C(NCC1CCCCC1CCl)c1ccc(Br)cn1. The second-order valence-corrected chi connectivity index (χ2v) is 6.25. The van der Waals surface area contributed by atoms with Crippen molar-refractivity contribution in [2.75, 3.05) is 12.4 Å². The number of pyridine rings is 1. The Morgan fingerprint density at radius 1 is 1.37 bits per heavy atom. The molecule has 1 amide bonds. The highest BCUT2D eigenvalue weighted by Crippen LogP contribution is 2.30. The molecule has 1 fully saturated rings. The van der Waals surface area contributed by atoms with Crippen LogP contribution in [0.1, 0.15) is 36.2 Å². The number of nitrogens with zero attached hydrogens (tertiary/aromatic N) is 1. The smallest absolute Gasteiger partial charge is 0.269 e. The molecule has 2 unspecified atom stereocenters. The Balaban J connectivity index is 1.87. The van der Waals surface area contributed by atoms with Gasteiger partial charge < -0.3 is 5.32 Å². The molecule has 1 N–H and O–H groups in total. The van der Waals surface area contributed by atoms with E-state index in [2.05, 4.69) is 26.2 Å². The summed E-state index contributed by atoms with van der Waals surface area (Å²) in [5.41, 5.74) is 0.460. The van der Waals surface area contributed by atoms with Crippen LogP contribution in [0.15, 0.2) is 22.8 Å². The number of amides is 1. The number of rotatable bonds is 4. The van der Waals surface area contributed by atoms with Crippen LogP contribution in [0.5, 0.6) is 0 Å². The Morgan fingerprint density at radius 3 is 2.74 bits per heavy atom. The minimum absolute atomic E-state index is 0.105. The lowest BCUT2D eigenvalue weighted by Gasteiger charge is -2.30. The molecule has 0 spiro atoms. The number of alkyl halides is 1. The van der Waals surface area contributed by atoms with Gasteiger partial charge >= 0.3 is 0 Å². The average molecular weight is 346 g/mol. The number of carbonyl (C=O) groups excluding carboxylic acids is 1. The van der Waals surface area contributed by atoms with Gasteiger partial charge in [-0.1, -0.05) is 12.8 Å². The molecule has 1 saturated carbocycles. The average Bonchev–Trinajstić information content (AvgIpc) is 2.45. The van der Waals surface area contributed by atoms with Gasteiger partial charge in [0.1, 0.15) is 5.69 Å². The molecule has 1 aliphatic rings. The van der Waals surface area contributed by atoms with E-state index in [1.807, 2.05) is 6.07 Å². The molecule has 2 atom stereocenters.